The number of para-hydroxylation sites is 1. The Morgan fingerprint density at radius 2 is 1.71 bits per heavy atom. The zero-order valence-corrected chi connectivity index (χ0v) is 17.9. The van der Waals surface area contributed by atoms with Crippen LogP contribution < -0.4 is 10.2 Å². The smallest absolute Gasteiger partial charge is 0.252 e. The third-order valence-corrected chi connectivity index (χ3v) is 5.40. The summed E-state index contributed by atoms with van der Waals surface area (Å²) in [6.07, 6.45) is 0. The topological polar surface area (TPSA) is 61.8 Å². The van der Waals surface area contributed by atoms with E-state index in [-0.39, 0.29) is 18.4 Å². The molecule has 3 aromatic carbocycles. The first-order valence-electron chi connectivity index (χ1n) is 10.3. The number of carbonyl (C=O) groups excluding carboxylic acids is 2. The molecule has 31 heavy (non-hydrogen) atoms. The molecule has 0 fully saturated rings. The summed E-state index contributed by atoms with van der Waals surface area (Å²) >= 11 is 0. The zero-order valence-electron chi connectivity index (χ0n) is 17.9. The zero-order chi connectivity index (χ0) is 22.0. The number of anilines is 2. The fraction of sp³-hybridized carbons (Fsp3) is 0.192. The highest BCUT2D eigenvalue weighted by atomic mass is 16.2. The van der Waals surface area contributed by atoms with Gasteiger partial charge in [-0.2, -0.15) is 0 Å². The summed E-state index contributed by atoms with van der Waals surface area (Å²) in [4.78, 5) is 32.4. The second-order valence-electron chi connectivity index (χ2n) is 7.83. The normalized spacial score (nSPS) is 15.7. The van der Waals surface area contributed by atoms with Crippen molar-refractivity contribution in [2.75, 3.05) is 16.8 Å². The number of nitrogens with zero attached hydrogens (tertiary/aromatic N) is 2. The summed E-state index contributed by atoms with van der Waals surface area (Å²) in [6.45, 7) is 5.66. The lowest BCUT2D eigenvalue weighted by molar-refractivity contribution is -0.122. The lowest BCUT2D eigenvalue weighted by atomic mass is 10.0. The van der Waals surface area contributed by atoms with E-state index >= 15 is 0 Å². The molecule has 1 unspecified atom stereocenters. The van der Waals surface area contributed by atoms with Crippen LogP contribution in [0.25, 0.3) is 0 Å². The number of nitrogens with one attached hydrogen (secondary N) is 1. The Balaban J connectivity index is 1.67. The Labute approximate surface area is 182 Å². The van der Waals surface area contributed by atoms with Crippen molar-refractivity contribution in [3.63, 3.8) is 0 Å². The minimum absolute atomic E-state index is 0.0783. The van der Waals surface area contributed by atoms with E-state index in [0.29, 0.717) is 5.69 Å². The molecule has 1 aliphatic rings. The third-order valence-electron chi connectivity index (χ3n) is 5.40. The van der Waals surface area contributed by atoms with Gasteiger partial charge in [0.2, 0.25) is 5.91 Å². The SMILES string of the molecule is Cc1ccc(NC(=O)CN2C(=O)C(C)N=C(c3ccccc3)c3ccccc32)c(C)c1. The summed E-state index contributed by atoms with van der Waals surface area (Å²) in [7, 11) is 0. The van der Waals surface area contributed by atoms with Crippen LogP contribution in [-0.2, 0) is 9.59 Å². The molecule has 5 heteroatoms. The highest BCUT2D eigenvalue weighted by Crippen LogP contribution is 2.28. The van der Waals surface area contributed by atoms with Gasteiger partial charge in [0.25, 0.3) is 5.91 Å². The fourth-order valence-corrected chi connectivity index (χ4v) is 3.85. The molecule has 0 bridgehead atoms. The van der Waals surface area contributed by atoms with E-state index in [1.807, 2.05) is 86.6 Å². The van der Waals surface area contributed by atoms with Crippen LogP contribution >= 0.6 is 0 Å². The summed E-state index contributed by atoms with van der Waals surface area (Å²) in [5, 5.41) is 2.94. The maximum Gasteiger partial charge on any atom is 0.252 e. The number of fused-ring (bicyclic) bond motifs is 1. The van der Waals surface area contributed by atoms with Gasteiger partial charge in [-0.3, -0.25) is 14.6 Å². The first-order chi connectivity index (χ1) is 14.9. The molecule has 3 aromatic rings. The van der Waals surface area contributed by atoms with Crippen LogP contribution in [0.15, 0.2) is 77.8 Å². The minimum atomic E-state index is -0.600. The van der Waals surface area contributed by atoms with Crippen molar-refractivity contribution in [3.8, 4) is 0 Å². The Morgan fingerprint density at radius 1 is 1.00 bits per heavy atom. The van der Waals surface area contributed by atoms with Crippen LogP contribution in [0.3, 0.4) is 0 Å². The van der Waals surface area contributed by atoms with Crippen molar-refractivity contribution >= 4 is 28.9 Å². The van der Waals surface area contributed by atoms with Crippen LogP contribution in [0.5, 0.6) is 0 Å². The molecule has 2 amide bonds. The predicted molar refractivity (Wildman–Crippen MR) is 125 cm³/mol. The molecule has 1 N–H and O–H groups in total. The van der Waals surface area contributed by atoms with Crippen LogP contribution in [0, 0.1) is 13.8 Å². The van der Waals surface area contributed by atoms with Gasteiger partial charge in [0.05, 0.1) is 11.4 Å². The number of carbonyl (C=O) groups is 2. The van der Waals surface area contributed by atoms with E-state index < -0.39 is 6.04 Å². The molecule has 0 radical (unpaired) electrons. The summed E-state index contributed by atoms with van der Waals surface area (Å²) < 4.78 is 0. The lowest BCUT2D eigenvalue weighted by Gasteiger charge is -2.24. The molecule has 5 nitrogen and oxygen atoms in total. The van der Waals surface area contributed by atoms with E-state index in [4.69, 9.17) is 4.99 Å². The average molecular weight is 412 g/mol. The maximum atomic E-state index is 13.2. The monoisotopic (exact) mass is 411 g/mol. The fourth-order valence-electron chi connectivity index (χ4n) is 3.85. The van der Waals surface area contributed by atoms with Crippen molar-refractivity contribution in [1.82, 2.24) is 0 Å². The van der Waals surface area contributed by atoms with Crippen molar-refractivity contribution < 1.29 is 9.59 Å². The van der Waals surface area contributed by atoms with Gasteiger partial charge in [0, 0.05) is 16.8 Å². The van der Waals surface area contributed by atoms with Gasteiger partial charge in [0.15, 0.2) is 0 Å². The van der Waals surface area contributed by atoms with Gasteiger partial charge in [-0.05, 0) is 38.5 Å². The number of hydrogen-bond acceptors (Lipinski definition) is 3. The number of hydrogen-bond donors (Lipinski definition) is 1. The number of rotatable bonds is 4. The number of amides is 2. The van der Waals surface area contributed by atoms with E-state index in [0.717, 1.165) is 33.7 Å². The highest BCUT2D eigenvalue weighted by molar-refractivity contribution is 6.20. The van der Waals surface area contributed by atoms with Crippen LogP contribution in [0.2, 0.25) is 0 Å². The van der Waals surface area contributed by atoms with E-state index in [1.165, 1.54) is 4.90 Å². The molecule has 0 saturated heterocycles. The van der Waals surface area contributed by atoms with Gasteiger partial charge < -0.3 is 10.2 Å². The highest BCUT2D eigenvalue weighted by Gasteiger charge is 2.30. The molecule has 0 saturated carbocycles. The number of benzodiazepines with no additional fused rings is 1. The molecule has 1 aliphatic heterocycles. The number of aryl methyl sites for hydroxylation is 2. The second kappa shape index (κ2) is 8.56. The van der Waals surface area contributed by atoms with Gasteiger partial charge >= 0.3 is 0 Å². The van der Waals surface area contributed by atoms with Crippen molar-refractivity contribution in [3.05, 3.63) is 95.1 Å². The van der Waals surface area contributed by atoms with Gasteiger partial charge in [-0.25, -0.2) is 0 Å². The number of benzene rings is 3. The Kier molecular flexibility index (Phi) is 5.67. The predicted octanol–water partition coefficient (Wildman–Crippen LogP) is 4.51. The molecular weight excluding hydrogens is 386 g/mol. The quantitative estimate of drug-likeness (QED) is 0.686. The van der Waals surface area contributed by atoms with Crippen molar-refractivity contribution in [2.24, 2.45) is 4.99 Å². The Hall–Kier alpha value is -3.73. The van der Waals surface area contributed by atoms with Gasteiger partial charge in [-0.1, -0.05) is 66.2 Å². The van der Waals surface area contributed by atoms with E-state index in [9.17, 15) is 9.59 Å². The molecule has 156 valence electrons. The summed E-state index contributed by atoms with van der Waals surface area (Å²) in [5.74, 6) is -0.445. The Bertz CT molecular complexity index is 1170. The second-order valence-corrected chi connectivity index (χ2v) is 7.83. The van der Waals surface area contributed by atoms with Crippen LogP contribution in [0.4, 0.5) is 11.4 Å². The standard InChI is InChI=1S/C26H25N3O2/c1-17-13-14-22(18(2)15-17)28-24(30)16-29-23-12-8-7-11-21(23)25(27-19(3)26(29)31)20-9-5-4-6-10-20/h4-15,19H,16H2,1-3H3,(H,28,30). The molecule has 0 aromatic heterocycles. The minimum Gasteiger partial charge on any atom is -0.324 e. The first kappa shape index (κ1) is 20.5. The molecular formula is C26H25N3O2. The van der Waals surface area contributed by atoms with Crippen LogP contribution in [-0.4, -0.2) is 30.1 Å². The van der Waals surface area contributed by atoms with Gasteiger partial charge in [-0.15, -0.1) is 0 Å². The first-order valence-corrected chi connectivity index (χ1v) is 10.3. The van der Waals surface area contributed by atoms with Gasteiger partial charge in [0.1, 0.15) is 12.6 Å². The van der Waals surface area contributed by atoms with E-state index in [2.05, 4.69) is 5.32 Å². The molecule has 4 rings (SSSR count). The summed E-state index contributed by atoms with van der Waals surface area (Å²) in [6, 6.07) is 22.7. The average Bonchev–Trinajstić information content (AvgIpc) is 2.87. The Morgan fingerprint density at radius 3 is 2.45 bits per heavy atom. The molecule has 0 spiro atoms. The van der Waals surface area contributed by atoms with Crippen molar-refractivity contribution in [1.29, 1.82) is 0 Å². The van der Waals surface area contributed by atoms with Crippen molar-refractivity contribution in [2.45, 2.75) is 26.8 Å². The third kappa shape index (κ3) is 4.26. The summed E-state index contributed by atoms with van der Waals surface area (Å²) in [5.41, 5.74) is 6.09. The molecule has 1 atom stereocenters. The van der Waals surface area contributed by atoms with E-state index in [1.54, 1.807) is 6.92 Å². The largest absolute Gasteiger partial charge is 0.324 e. The number of aliphatic imine (C=N–C) groups is 1. The van der Waals surface area contributed by atoms with Crippen LogP contribution in [0.1, 0.15) is 29.2 Å². The molecule has 0 aliphatic carbocycles. The lowest BCUT2D eigenvalue weighted by Crippen LogP contribution is -2.42. The maximum absolute atomic E-state index is 13.2. The molecule has 1 heterocycles.